The van der Waals surface area contributed by atoms with Crippen LogP contribution in [0.2, 0.25) is 0 Å². The molecule has 1 aromatic heterocycles. The average Bonchev–Trinajstić information content (AvgIpc) is 2.62. The van der Waals surface area contributed by atoms with E-state index >= 15 is 0 Å². The summed E-state index contributed by atoms with van der Waals surface area (Å²) in [5, 5.41) is 1.21. The van der Waals surface area contributed by atoms with Crippen molar-refractivity contribution in [3.8, 4) is 0 Å². The molecule has 2 aromatic rings. The normalized spacial score (nSPS) is 12.1. The lowest BCUT2D eigenvalue weighted by molar-refractivity contribution is 0.718. The standard InChI is InChI=1S/C13H16N2.ClH/c1-9(2)7-12(14)10-3-4-13-11(8-10)5-6-15-13;/h3-6,8,12,15H,1,7,14H2,2H3;1H/t12-;/m0./s1. The van der Waals surface area contributed by atoms with Gasteiger partial charge in [0.1, 0.15) is 0 Å². The van der Waals surface area contributed by atoms with Gasteiger partial charge in [0.05, 0.1) is 0 Å². The van der Waals surface area contributed by atoms with E-state index in [0.717, 1.165) is 17.5 Å². The number of aromatic nitrogens is 1. The third-order valence-corrected chi connectivity index (χ3v) is 2.57. The molecule has 0 aliphatic heterocycles. The minimum absolute atomic E-state index is 0. The fourth-order valence-corrected chi connectivity index (χ4v) is 1.80. The number of halogens is 1. The van der Waals surface area contributed by atoms with Gasteiger partial charge in [0, 0.05) is 17.8 Å². The van der Waals surface area contributed by atoms with Crippen molar-refractivity contribution in [2.45, 2.75) is 19.4 Å². The van der Waals surface area contributed by atoms with Crippen molar-refractivity contribution in [1.82, 2.24) is 4.98 Å². The molecule has 0 unspecified atom stereocenters. The third kappa shape index (κ3) is 2.65. The molecular formula is C13H17ClN2. The van der Waals surface area contributed by atoms with Gasteiger partial charge >= 0.3 is 0 Å². The van der Waals surface area contributed by atoms with Gasteiger partial charge in [0.15, 0.2) is 0 Å². The Hall–Kier alpha value is -1.25. The number of rotatable bonds is 3. The maximum Gasteiger partial charge on any atom is 0.0454 e. The number of benzene rings is 1. The molecule has 0 radical (unpaired) electrons. The molecule has 1 aromatic carbocycles. The van der Waals surface area contributed by atoms with Gasteiger partial charge < -0.3 is 10.7 Å². The minimum atomic E-state index is 0. The molecule has 86 valence electrons. The summed E-state index contributed by atoms with van der Waals surface area (Å²) in [7, 11) is 0. The van der Waals surface area contributed by atoms with Crippen LogP contribution in [0.3, 0.4) is 0 Å². The highest BCUT2D eigenvalue weighted by Gasteiger charge is 2.06. The summed E-state index contributed by atoms with van der Waals surface area (Å²) in [6, 6.07) is 8.41. The van der Waals surface area contributed by atoms with E-state index in [1.165, 1.54) is 10.9 Å². The topological polar surface area (TPSA) is 41.8 Å². The second-order valence-electron chi connectivity index (χ2n) is 4.09. The summed E-state index contributed by atoms with van der Waals surface area (Å²) in [6.07, 6.45) is 2.79. The van der Waals surface area contributed by atoms with E-state index in [-0.39, 0.29) is 18.4 Å². The van der Waals surface area contributed by atoms with Crippen LogP contribution >= 0.6 is 12.4 Å². The molecule has 16 heavy (non-hydrogen) atoms. The maximum absolute atomic E-state index is 6.08. The third-order valence-electron chi connectivity index (χ3n) is 2.57. The lowest BCUT2D eigenvalue weighted by atomic mass is 10.0. The summed E-state index contributed by atoms with van der Waals surface area (Å²) in [6.45, 7) is 5.90. The van der Waals surface area contributed by atoms with Crippen molar-refractivity contribution in [1.29, 1.82) is 0 Å². The lowest BCUT2D eigenvalue weighted by Crippen LogP contribution is -2.10. The molecule has 1 heterocycles. The summed E-state index contributed by atoms with van der Waals surface area (Å²) >= 11 is 0. The van der Waals surface area contributed by atoms with Crippen molar-refractivity contribution in [2.24, 2.45) is 5.73 Å². The van der Waals surface area contributed by atoms with Crippen LogP contribution in [0.5, 0.6) is 0 Å². The van der Waals surface area contributed by atoms with Gasteiger partial charge in [-0.1, -0.05) is 11.6 Å². The number of hydrogen-bond donors (Lipinski definition) is 2. The van der Waals surface area contributed by atoms with Gasteiger partial charge in [0.25, 0.3) is 0 Å². The van der Waals surface area contributed by atoms with Crippen molar-refractivity contribution in [2.75, 3.05) is 0 Å². The molecule has 0 aliphatic rings. The number of aromatic amines is 1. The molecule has 2 rings (SSSR count). The van der Waals surface area contributed by atoms with Gasteiger partial charge in [-0.2, -0.15) is 0 Å². The van der Waals surface area contributed by atoms with E-state index in [9.17, 15) is 0 Å². The SMILES string of the molecule is C=C(C)C[C@H](N)c1ccc2[nH]ccc2c1.Cl. The van der Waals surface area contributed by atoms with Gasteiger partial charge in [0.2, 0.25) is 0 Å². The van der Waals surface area contributed by atoms with E-state index in [1.807, 2.05) is 13.1 Å². The van der Waals surface area contributed by atoms with E-state index in [4.69, 9.17) is 5.73 Å². The lowest BCUT2D eigenvalue weighted by Gasteiger charge is -2.11. The largest absolute Gasteiger partial charge is 0.361 e. The first kappa shape index (κ1) is 12.8. The van der Waals surface area contributed by atoms with Crippen LogP contribution in [0.25, 0.3) is 10.9 Å². The smallest absolute Gasteiger partial charge is 0.0454 e. The Morgan fingerprint density at radius 2 is 2.19 bits per heavy atom. The van der Waals surface area contributed by atoms with Crippen LogP contribution in [-0.2, 0) is 0 Å². The Labute approximate surface area is 102 Å². The first-order valence-corrected chi connectivity index (χ1v) is 5.14. The van der Waals surface area contributed by atoms with Gasteiger partial charge in [-0.05, 0) is 42.5 Å². The number of nitrogens with two attached hydrogens (primary N) is 1. The van der Waals surface area contributed by atoms with Gasteiger partial charge in [-0.15, -0.1) is 19.0 Å². The first-order chi connectivity index (χ1) is 7.16. The second-order valence-corrected chi connectivity index (χ2v) is 4.09. The zero-order valence-corrected chi connectivity index (χ0v) is 10.2. The van der Waals surface area contributed by atoms with Crippen LogP contribution in [0.15, 0.2) is 42.6 Å². The predicted molar refractivity (Wildman–Crippen MR) is 71.9 cm³/mol. The minimum Gasteiger partial charge on any atom is -0.361 e. The first-order valence-electron chi connectivity index (χ1n) is 5.14. The maximum atomic E-state index is 6.08. The Kier molecular flexibility index (Phi) is 4.16. The summed E-state index contributed by atoms with van der Waals surface area (Å²) in [5.41, 5.74) is 9.53. The molecular weight excluding hydrogens is 220 g/mol. The Morgan fingerprint density at radius 3 is 2.88 bits per heavy atom. The van der Waals surface area contributed by atoms with Gasteiger partial charge in [-0.25, -0.2) is 0 Å². The molecule has 0 fully saturated rings. The number of hydrogen-bond acceptors (Lipinski definition) is 1. The van der Waals surface area contributed by atoms with Crippen molar-refractivity contribution < 1.29 is 0 Å². The second kappa shape index (κ2) is 5.19. The fourth-order valence-electron chi connectivity index (χ4n) is 1.80. The summed E-state index contributed by atoms with van der Waals surface area (Å²) in [5.74, 6) is 0. The fraction of sp³-hybridized carbons (Fsp3) is 0.231. The number of H-pyrrole nitrogens is 1. The predicted octanol–water partition coefficient (Wildman–Crippen LogP) is 3.56. The molecule has 0 spiro atoms. The molecule has 3 heteroatoms. The molecule has 0 saturated heterocycles. The molecule has 3 N–H and O–H groups in total. The highest BCUT2D eigenvalue weighted by molar-refractivity contribution is 5.85. The Bertz CT molecular complexity index is 487. The summed E-state index contributed by atoms with van der Waals surface area (Å²) < 4.78 is 0. The van der Waals surface area contributed by atoms with Crippen molar-refractivity contribution in [3.05, 3.63) is 48.2 Å². The van der Waals surface area contributed by atoms with Crippen molar-refractivity contribution in [3.63, 3.8) is 0 Å². The Morgan fingerprint density at radius 1 is 1.44 bits per heavy atom. The van der Waals surface area contributed by atoms with Crippen LogP contribution < -0.4 is 5.73 Å². The van der Waals surface area contributed by atoms with Crippen molar-refractivity contribution >= 4 is 23.3 Å². The monoisotopic (exact) mass is 236 g/mol. The van der Waals surface area contributed by atoms with Crippen LogP contribution in [0.4, 0.5) is 0 Å². The van der Waals surface area contributed by atoms with Crippen LogP contribution in [-0.4, -0.2) is 4.98 Å². The number of fused-ring (bicyclic) bond motifs is 1. The van der Waals surface area contributed by atoms with Crippen LogP contribution in [0.1, 0.15) is 24.9 Å². The highest BCUT2D eigenvalue weighted by Crippen LogP contribution is 2.21. The highest BCUT2D eigenvalue weighted by atomic mass is 35.5. The molecule has 0 amide bonds. The Balaban J connectivity index is 0.00000128. The molecule has 0 bridgehead atoms. The zero-order valence-electron chi connectivity index (χ0n) is 9.36. The molecule has 0 aliphatic carbocycles. The molecule has 2 nitrogen and oxygen atoms in total. The van der Waals surface area contributed by atoms with Gasteiger partial charge in [-0.3, -0.25) is 0 Å². The quantitative estimate of drug-likeness (QED) is 0.787. The van der Waals surface area contributed by atoms with E-state index < -0.39 is 0 Å². The van der Waals surface area contributed by atoms with E-state index in [0.29, 0.717) is 0 Å². The molecule has 0 saturated carbocycles. The summed E-state index contributed by atoms with van der Waals surface area (Å²) in [4.78, 5) is 3.17. The average molecular weight is 237 g/mol. The number of nitrogens with one attached hydrogen (secondary N) is 1. The van der Waals surface area contributed by atoms with E-state index in [2.05, 4.69) is 35.8 Å². The molecule has 1 atom stereocenters. The van der Waals surface area contributed by atoms with E-state index in [1.54, 1.807) is 0 Å². The van der Waals surface area contributed by atoms with Crippen LogP contribution in [0, 0.1) is 0 Å². The zero-order chi connectivity index (χ0) is 10.8.